The highest BCUT2D eigenvalue weighted by Gasteiger charge is 2.04. The second-order valence-corrected chi connectivity index (χ2v) is 1.72. The van der Waals surface area contributed by atoms with Crippen LogP contribution in [0.15, 0.2) is 5.10 Å². The molecule has 8 heavy (non-hydrogen) atoms. The molecule has 0 aromatic heterocycles. The molecule has 4 heteroatoms. The highest BCUT2D eigenvalue weighted by molar-refractivity contribution is 5.85. The molecule has 0 amide bonds. The second-order valence-electron chi connectivity index (χ2n) is 1.72. The fourth-order valence-corrected chi connectivity index (χ4v) is 0.596. The largest absolute Gasteiger partial charge is 0.386 e. The summed E-state index contributed by atoms with van der Waals surface area (Å²) in [5.41, 5.74) is 5.33. The van der Waals surface area contributed by atoms with Crippen LogP contribution in [0.5, 0.6) is 0 Å². The monoisotopic (exact) mass is 135 g/mol. The van der Waals surface area contributed by atoms with Crippen LogP contribution in [0, 0.1) is 0 Å². The highest BCUT2D eigenvalue weighted by Crippen LogP contribution is 1.96. The Balaban J connectivity index is 0.000000490. The van der Waals surface area contributed by atoms with E-state index in [9.17, 15) is 0 Å². The molecule has 1 rings (SSSR count). The van der Waals surface area contributed by atoms with E-state index in [2.05, 4.69) is 5.10 Å². The summed E-state index contributed by atoms with van der Waals surface area (Å²) in [5.74, 6) is 0.752. The molecule has 1 aliphatic rings. The maximum absolute atomic E-state index is 5.33. The number of hydrogen-bond acceptors (Lipinski definition) is 3. The van der Waals surface area contributed by atoms with Crippen molar-refractivity contribution in [3.63, 3.8) is 0 Å². The molecular weight excluding hydrogens is 126 g/mol. The Hall–Kier alpha value is -0.440. The van der Waals surface area contributed by atoms with Crippen LogP contribution >= 0.6 is 12.4 Å². The van der Waals surface area contributed by atoms with E-state index in [0.29, 0.717) is 0 Å². The lowest BCUT2D eigenvalue weighted by molar-refractivity contribution is 0.393. The summed E-state index contributed by atoms with van der Waals surface area (Å²) in [6.07, 6.45) is 0.927. The lowest BCUT2D eigenvalue weighted by Crippen LogP contribution is -2.06. The molecule has 0 aliphatic carbocycles. The highest BCUT2D eigenvalue weighted by atomic mass is 35.5. The first-order valence-corrected chi connectivity index (χ1v) is 2.33. The summed E-state index contributed by atoms with van der Waals surface area (Å²) in [6.45, 7) is 0.978. The molecule has 0 unspecified atom stereocenters. The van der Waals surface area contributed by atoms with Crippen molar-refractivity contribution in [2.75, 3.05) is 13.6 Å². The van der Waals surface area contributed by atoms with Gasteiger partial charge >= 0.3 is 0 Å². The summed E-state index contributed by atoms with van der Waals surface area (Å²) in [6, 6.07) is 0. The van der Waals surface area contributed by atoms with Crippen molar-refractivity contribution in [2.24, 2.45) is 10.8 Å². The lowest BCUT2D eigenvalue weighted by atomic mass is 10.4. The Morgan fingerprint density at radius 2 is 2.38 bits per heavy atom. The van der Waals surface area contributed by atoms with Gasteiger partial charge in [-0.15, -0.1) is 12.4 Å². The van der Waals surface area contributed by atoms with Crippen molar-refractivity contribution >= 4 is 18.2 Å². The summed E-state index contributed by atoms with van der Waals surface area (Å²) in [7, 11) is 1.92. The standard InChI is InChI=1S/C4H9N3.ClH/c1-7-3-2-4(5)6-7;/h2-3H2,1H3,(H2,5,6);1H. The van der Waals surface area contributed by atoms with Gasteiger partial charge in [-0.2, -0.15) is 5.10 Å². The number of hydrogen-bond donors (Lipinski definition) is 1. The predicted octanol–water partition coefficient (Wildman–Crippen LogP) is 0.0159. The van der Waals surface area contributed by atoms with Gasteiger partial charge in [0.1, 0.15) is 5.84 Å². The first kappa shape index (κ1) is 7.56. The van der Waals surface area contributed by atoms with Crippen molar-refractivity contribution in [1.82, 2.24) is 5.01 Å². The van der Waals surface area contributed by atoms with E-state index in [1.165, 1.54) is 0 Å². The third kappa shape index (κ3) is 1.58. The van der Waals surface area contributed by atoms with Gasteiger partial charge in [0.25, 0.3) is 0 Å². The van der Waals surface area contributed by atoms with Crippen LogP contribution in [0.25, 0.3) is 0 Å². The van der Waals surface area contributed by atoms with Crippen molar-refractivity contribution in [3.05, 3.63) is 0 Å². The molecule has 0 spiro atoms. The number of rotatable bonds is 0. The Morgan fingerprint density at radius 3 is 2.50 bits per heavy atom. The number of nitrogens with zero attached hydrogens (tertiary/aromatic N) is 2. The van der Waals surface area contributed by atoms with Crippen LogP contribution in [0.1, 0.15) is 6.42 Å². The molecule has 1 aliphatic heterocycles. The van der Waals surface area contributed by atoms with Crippen LogP contribution in [0.3, 0.4) is 0 Å². The Bertz CT molecular complexity index is 101. The van der Waals surface area contributed by atoms with E-state index in [4.69, 9.17) is 5.73 Å². The summed E-state index contributed by atoms with van der Waals surface area (Å²) < 4.78 is 0. The van der Waals surface area contributed by atoms with Gasteiger partial charge in [0, 0.05) is 20.0 Å². The van der Waals surface area contributed by atoms with Gasteiger partial charge in [0.15, 0.2) is 0 Å². The minimum atomic E-state index is 0. The molecule has 2 N–H and O–H groups in total. The fourth-order valence-electron chi connectivity index (χ4n) is 0.596. The zero-order valence-corrected chi connectivity index (χ0v) is 5.61. The summed E-state index contributed by atoms with van der Waals surface area (Å²) >= 11 is 0. The average molecular weight is 136 g/mol. The molecule has 0 bridgehead atoms. The van der Waals surface area contributed by atoms with E-state index in [1.54, 1.807) is 0 Å². The molecule has 0 radical (unpaired) electrons. The van der Waals surface area contributed by atoms with Gasteiger partial charge in [-0.05, 0) is 0 Å². The average Bonchev–Trinajstić information content (AvgIpc) is 1.87. The quantitative estimate of drug-likeness (QED) is 0.509. The number of hydrazone groups is 1. The second kappa shape index (κ2) is 2.77. The van der Waals surface area contributed by atoms with Crippen LogP contribution in [0.2, 0.25) is 0 Å². The molecule has 0 saturated carbocycles. The fraction of sp³-hybridized carbons (Fsp3) is 0.750. The minimum absolute atomic E-state index is 0. The normalized spacial score (nSPS) is 17.6. The maximum atomic E-state index is 5.33. The van der Waals surface area contributed by atoms with Gasteiger partial charge in [0.05, 0.1) is 0 Å². The number of amidine groups is 1. The van der Waals surface area contributed by atoms with E-state index in [1.807, 2.05) is 12.1 Å². The molecule has 0 fully saturated rings. The molecule has 0 aromatic carbocycles. The van der Waals surface area contributed by atoms with E-state index in [-0.39, 0.29) is 12.4 Å². The van der Waals surface area contributed by atoms with Crippen molar-refractivity contribution < 1.29 is 0 Å². The zero-order valence-electron chi connectivity index (χ0n) is 4.79. The lowest BCUT2D eigenvalue weighted by Gasteiger charge is -1.99. The van der Waals surface area contributed by atoms with E-state index >= 15 is 0 Å². The van der Waals surface area contributed by atoms with Crippen molar-refractivity contribution in [1.29, 1.82) is 0 Å². The Morgan fingerprint density at radius 1 is 1.75 bits per heavy atom. The first-order valence-electron chi connectivity index (χ1n) is 2.33. The van der Waals surface area contributed by atoms with Gasteiger partial charge in [-0.1, -0.05) is 0 Å². The van der Waals surface area contributed by atoms with E-state index < -0.39 is 0 Å². The first-order chi connectivity index (χ1) is 3.29. The van der Waals surface area contributed by atoms with E-state index in [0.717, 1.165) is 18.8 Å². The smallest absolute Gasteiger partial charge is 0.121 e. The van der Waals surface area contributed by atoms with Crippen LogP contribution in [-0.2, 0) is 0 Å². The van der Waals surface area contributed by atoms with Crippen molar-refractivity contribution in [2.45, 2.75) is 6.42 Å². The van der Waals surface area contributed by atoms with Crippen LogP contribution in [0.4, 0.5) is 0 Å². The third-order valence-corrected chi connectivity index (χ3v) is 0.991. The molecule has 0 aromatic rings. The Kier molecular flexibility index (Phi) is 2.62. The molecule has 1 heterocycles. The third-order valence-electron chi connectivity index (χ3n) is 0.991. The maximum Gasteiger partial charge on any atom is 0.121 e. The number of halogens is 1. The van der Waals surface area contributed by atoms with Gasteiger partial charge in [-0.3, -0.25) is 5.01 Å². The van der Waals surface area contributed by atoms with Crippen LogP contribution < -0.4 is 5.73 Å². The SMILES string of the molecule is CN1CCC(N)=N1.Cl. The van der Waals surface area contributed by atoms with Gasteiger partial charge < -0.3 is 5.73 Å². The molecular formula is C4H10ClN3. The molecule has 48 valence electrons. The summed E-state index contributed by atoms with van der Waals surface area (Å²) in [5, 5.41) is 5.76. The predicted molar refractivity (Wildman–Crippen MR) is 36.1 cm³/mol. The molecule has 3 nitrogen and oxygen atoms in total. The summed E-state index contributed by atoms with van der Waals surface area (Å²) in [4.78, 5) is 0. The zero-order chi connectivity index (χ0) is 5.28. The van der Waals surface area contributed by atoms with Gasteiger partial charge in [0.2, 0.25) is 0 Å². The molecule has 0 saturated heterocycles. The topological polar surface area (TPSA) is 41.6 Å². The van der Waals surface area contributed by atoms with Crippen molar-refractivity contribution in [3.8, 4) is 0 Å². The Labute approximate surface area is 54.9 Å². The van der Waals surface area contributed by atoms with Gasteiger partial charge in [-0.25, -0.2) is 0 Å². The minimum Gasteiger partial charge on any atom is -0.386 e. The number of nitrogens with two attached hydrogens (primary N) is 1. The van der Waals surface area contributed by atoms with Crippen LogP contribution in [-0.4, -0.2) is 24.4 Å². The molecule has 0 atom stereocenters.